The fraction of sp³-hybridized carbons (Fsp3) is 0.632. The maximum absolute atomic E-state index is 5.90. The van der Waals surface area contributed by atoms with Crippen LogP contribution in [-0.4, -0.2) is 56.9 Å². The topological polar surface area (TPSA) is 46.1 Å². The van der Waals surface area contributed by atoms with Crippen molar-refractivity contribution in [1.29, 1.82) is 0 Å². The normalized spacial score (nSPS) is 15.5. The zero-order valence-electron chi connectivity index (χ0n) is 15.4. The van der Waals surface area contributed by atoms with Gasteiger partial charge in [0.2, 0.25) is 0 Å². The van der Waals surface area contributed by atoms with Gasteiger partial charge in [-0.05, 0) is 31.7 Å². The minimum atomic E-state index is 0. The van der Waals surface area contributed by atoms with Crippen molar-refractivity contribution < 1.29 is 9.47 Å². The van der Waals surface area contributed by atoms with Crippen molar-refractivity contribution in [3.8, 4) is 0 Å². The maximum atomic E-state index is 5.90. The van der Waals surface area contributed by atoms with Gasteiger partial charge in [-0.25, -0.2) is 0 Å². The number of nitrogens with one attached hydrogen (secondary N) is 1. The fourth-order valence-electron chi connectivity index (χ4n) is 2.74. The molecule has 0 atom stereocenters. The Morgan fingerprint density at radius 3 is 2.68 bits per heavy atom. The van der Waals surface area contributed by atoms with Crippen LogP contribution in [-0.2, 0) is 16.0 Å². The van der Waals surface area contributed by atoms with E-state index >= 15 is 0 Å². The summed E-state index contributed by atoms with van der Waals surface area (Å²) in [6.45, 7) is 7.04. The molecule has 2 rings (SSSR count). The van der Waals surface area contributed by atoms with Crippen LogP contribution in [0.2, 0.25) is 0 Å². The molecule has 1 heterocycles. The second-order valence-electron chi connectivity index (χ2n) is 6.11. The molecule has 0 bridgehead atoms. The number of rotatable bonds is 8. The van der Waals surface area contributed by atoms with Gasteiger partial charge in [-0.1, -0.05) is 30.3 Å². The van der Waals surface area contributed by atoms with E-state index in [2.05, 4.69) is 48.5 Å². The van der Waals surface area contributed by atoms with Crippen molar-refractivity contribution in [3.05, 3.63) is 35.9 Å². The van der Waals surface area contributed by atoms with Gasteiger partial charge in [0.15, 0.2) is 5.96 Å². The van der Waals surface area contributed by atoms with Crippen LogP contribution < -0.4 is 5.32 Å². The van der Waals surface area contributed by atoms with Crippen LogP contribution in [0.3, 0.4) is 0 Å². The van der Waals surface area contributed by atoms with Crippen molar-refractivity contribution in [3.63, 3.8) is 0 Å². The Hall–Kier alpha value is -0.860. The molecular formula is C19H32IN3O2. The lowest BCUT2D eigenvalue weighted by Crippen LogP contribution is -2.38. The third-order valence-electron chi connectivity index (χ3n) is 4.04. The minimum Gasteiger partial charge on any atom is -0.381 e. The van der Waals surface area contributed by atoms with Crippen LogP contribution in [0.5, 0.6) is 0 Å². The fourth-order valence-corrected chi connectivity index (χ4v) is 2.74. The Morgan fingerprint density at radius 2 is 2.00 bits per heavy atom. The minimum absolute atomic E-state index is 0. The van der Waals surface area contributed by atoms with E-state index in [1.165, 1.54) is 5.56 Å². The average Bonchev–Trinajstić information content (AvgIpc) is 2.62. The molecule has 0 aromatic heterocycles. The standard InChI is InChI=1S/C19H31N3O2.HI/c1-3-20-19(22(2)16-17-8-5-4-6-9-17)21-12-7-13-24-18-10-14-23-15-11-18;/h4-6,8-9,18H,3,7,10-16H2,1-2H3,(H,20,21);1H. The Labute approximate surface area is 169 Å². The van der Waals surface area contributed by atoms with Gasteiger partial charge >= 0.3 is 0 Å². The molecule has 0 unspecified atom stereocenters. The molecule has 1 aromatic rings. The third-order valence-corrected chi connectivity index (χ3v) is 4.04. The lowest BCUT2D eigenvalue weighted by molar-refractivity contribution is -0.0318. The molecule has 6 heteroatoms. The van der Waals surface area contributed by atoms with Crippen molar-refractivity contribution in [2.24, 2.45) is 4.99 Å². The van der Waals surface area contributed by atoms with E-state index in [-0.39, 0.29) is 24.0 Å². The lowest BCUT2D eigenvalue weighted by atomic mass is 10.1. The summed E-state index contributed by atoms with van der Waals surface area (Å²) in [5, 5.41) is 3.36. The molecule has 0 saturated carbocycles. The van der Waals surface area contributed by atoms with Gasteiger partial charge in [-0.2, -0.15) is 0 Å². The van der Waals surface area contributed by atoms with Gasteiger partial charge in [0, 0.05) is 46.5 Å². The number of hydrogen-bond donors (Lipinski definition) is 1. The highest BCUT2D eigenvalue weighted by Crippen LogP contribution is 2.10. The van der Waals surface area contributed by atoms with Gasteiger partial charge in [-0.15, -0.1) is 24.0 Å². The molecule has 1 aliphatic rings. The molecule has 1 aliphatic heterocycles. The molecule has 0 aliphatic carbocycles. The highest BCUT2D eigenvalue weighted by molar-refractivity contribution is 14.0. The molecule has 0 spiro atoms. The quantitative estimate of drug-likeness (QED) is 0.280. The van der Waals surface area contributed by atoms with Gasteiger partial charge < -0.3 is 19.7 Å². The molecule has 1 aromatic carbocycles. The van der Waals surface area contributed by atoms with Crippen molar-refractivity contribution in [2.75, 3.05) is 40.0 Å². The SMILES string of the molecule is CCNC(=NCCCOC1CCOCC1)N(C)Cc1ccccc1.I. The molecule has 0 amide bonds. The largest absolute Gasteiger partial charge is 0.381 e. The van der Waals surface area contributed by atoms with Crippen LogP contribution in [0, 0.1) is 0 Å². The molecule has 0 radical (unpaired) electrons. The Balaban J connectivity index is 0.00000312. The van der Waals surface area contributed by atoms with E-state index in [9.17, 15) is 0 Å². The molecule has 5 nitrogen and oxygen atoms in total. The van der Waals surface area contributed by atoms with Crippen molar-refractivity contribution in [1.82, 2.24) is 10.2 Å². The Bertz CT molecular complexity index is 479. The second-order valence-corrected chi connectivity index (χ2v) is 6.11. The van der Waals surface area contributed by atoms with E-state index in [0.29, 0.717) is 6.10 Å². The van der Waals surface area contributed by atoms with Crippen LogP contribution in [0.4, 0.5) is 0 Å². The number of hydrogen-bond acceptors (Lipinski definition) is 3. The zero-order chi connectivity index (χ0) is 17.0. The highest BCUT2D eigenvalue weighted by atomic mass is 127. The number of halogens is 1. The van der Waals surface area contributed by atoms with E-state index < -0.39 is 0 Å². The zero-order valence-corrected chi connectivity index (χ0v) is 17.8. The number of ether oxygens (including phenoxy) is 2. The summed E-state index contributed by atoms with van der Waals surface area (Å²) in [7, 11) is 2.08. The number of guanidine groups is 1. The van der Waals surface area contributed by atoms with E-state index in [0.717, 1.165) is 64.7 Å². The first-order valence-corrected chi connectivity index (χ1v) is 9.02. The second kappa shape index (κ2) is 13.4. The molecule has 1 fully saturated rings. The van der Waals surface area contributed by atoms with Gasteiger partial charge in [-0.3, -0.25) is 4.99 Å². The number of aliphatic imine (C=N–C) groups is 1. The summed E-state index contributed by atoms with van der Waals surface area (Å²) in [4.78, 5) is 6.88. The molecular weight excluding hydrogens is 429 g/mol. The first-order valence-electron chi connectivity index (χ1n) is 9.02. The number of benzene rings is 1. The summed E-state index contributed by atoms with van der Waals surface area (Å²) >= 11 is 0. The average molecular weight is 461 g/mol. The summed E-state index contributed by atoms with van der Waals surface area (Å²) in [5.41, 5.74) is 1.29. The number of nitrogens with zero attached hydrogens (tertiary/aromatic N) is 2. The van der Waals surface area contributed by atoms with Crippen molar-refractivity contribution in [2.45, 2.75) is 38.8 Å². The van der Waals surface area contributed by atoms with Gasteiger partial charge in [0.05, 0.1) is 6.10 Å². The maximum Gasteiger partial charge on any atom is 0.193 e. The Kier molecular flexibility index (Phi) is 11.9. The monoisotopic (exact) mass is 461 g/mol. The van der Waals surface area contributed by atoms with Crippen molar-refractivity contribution >= 4 is 29.9 Å². The Morgan fingerprint density at radius 1 is 1.28 bits per heavy atom. The molecule has 142 valence electrons. The summed E-state index contributed by atoms with van der Waals surface area (Å²) < 4.78 is 11.2. The molecule has 1 N–H and O–H groups in total. The predicted molar refractivity (Wildman–Crippen MR) is 114 cm³/mol. The predicted octanol–water partition coefficient (Wildman–Crippen LogP) is 3.29. The molecule has 1 saturated heterocycles. The van der Waals surface area contributed by atoms with E-state index in [1.54, 1.807) is 0 Å². The first kappa shape index (κ1) is 22.2. The summed E-state index contributed by atoms with van der Waals surface area (Å²) in [6.07, 6.45) is 3.36. The summed E-state index contributed by atoms with van der Waals surface area (Å²) in [6, 6.07) is 10.5. The van der Waals surface area contributed by atoms with Gasteiger partial charge in [0.1, 0.15) is 0 Å². The van der Waals surface area contributed by atoms with Crippen LogP contribution >= 0.6 is 24.0 Å². The smallest absolute Gasteiger partial charge is 0.193 e. The molecule has 25 heavy (non-hydrogen) atoms. The van der Waals surface area contributed by atoms with Crippen LogP contribution in [0.15, 0.2) is 35.3 Å². The first-order chi connectivity index (χ1) is 11.8. The van der Waals surface area contributed by atoms with E-state index in [1.807, 2.05) is 6.07 Å². The lowest BCUT2D eigenvalue weighted by Gasteiger charge is -2.23. The summed E-state index contributed by atoms with van der Waals surface area (Å²) in [5.74, 6) is 0.951. The third kappa shape index (κ3) is 8.87. The van der Waals surface area contributed by atoms with E-state index in [4.69, 9.17) is 14.5 Å². The van der Waals surface area contributed by atoms with Gasteiger partial charge in [0.25, 0.3) is 0 Å². The highest BCUT2D eigenvalue weighted by Gasteiger charge is 2.13. The van der Waals surface area contributed by atoms with Crippen LogP contribution in [0.25, 0.3) is 0 Å². The van der Waals surface area contributed by atoms with Crippen LogP contribution in [0.1, 0.15) is 31.7 Å².